The fourth-order valence-corrected chi connectivity index (χ4v) is 3.11. The molecule has 2 rings (SSSR count). The lowest BCUT2D eigenvalue weighted by atomic mass is 10.2. The van der Waals surface area contributed by atoms with Crippen LogP contribution in [0.3, 0.4) is 0 Å². The van der Waals surface area contributed by atoms with Gasteiger partial charge in [-0.2, -0.15) is 0 Å². The zero-order chi connectivity index (χ0) is 18.4. The Morgan fingerprint density at radius 2 is 2.12 bits per heavy atom. The zero-order valence-electron chi connectivity index (χ0n) is 14.2. The van der Waals surface area contributed by atoms with Gasteiger partial charge in [0, 0.05) is 45.3 Å². The standard InChI is InChI=1S/C15H23F2N5O2S/c1-18-15(19-6-7-20-25(2,23)24)21-12-5-8-22(10-12)14-4-3-11(16)9-13(14)17/h3-4,9,12,20H,5-8,10H2,1-2H3,(H2,18,19,21). The zero-order valence-corrected chi connectivity index (χ0v) is 15.0. The number of guanidine groups is 1. The number of nitrogens with zero attached hydrogens (tertiary/aromatic N) is 2. The smallest absolute Gasteiger partial charge is 0.208 e. The summed E-state index contributed by atoms with van der Waals surface area (Å²) in [6.45, 7) is 1.84. The van der Waals surface area contributed by atoms with Crippen molar-refractivity contribution in [3.05, 3.63) is 29.8 Å². The molecule has 1 aliphatic heterocycles. The SMILES string of the molecule is CN=C(NCCNS(C)(=O)=O)NC1CCN(c2ccc(F)cc2F)C1. The molecule has 0 radical (unpaired) electrons. The van der Waals surface area contributed by atoms with Gasteiger partial charge in [-0.15, -0.1) is 0 Å². The topological polar surface area (TPSA) is 85.8 Å². The van der Waals surface area contributed by atoms with Gasteiger partial charge in [0.1, 0.15) is 11.6 Å². The van der Waals surface area contributed by atoms with E-state index in [-0.39, 0.29) is 12.6 Å². The van der Waals surface area contributed by atoms with Gasteiger partial charge in [0.25, 0.3) is 0 Å². The van der Waals surface area contributed by atoms with E-state index in [9.17, 15) is 17.2 Å². The quantitative estimate of drug-likeness (QED) is 0.377. The van der Waals surface area contributed by atoms with Crippen LogP contribution in [0.2, 0.25) is 0 Å². The van der Waals surface area contributed by atoms with Crippen molar-refractivity contribution in [2.24, 2.45) is 4.99 Å². The molecular weight excluding hydrogens is 352 g/mol. The second-order valence-electron chi connectivity index (χ2n) is 5.84. The Kier molecular flexibility index (Phi) is 6.54. The fraction of sp³-hybridized carbons (Fsp3) is 0.533. The first-order chi connectivity index (χ1) is 11.8. The third kappa shape index (κ3) is 6.13. The molecule has 0 bridgehead atoms. The van der Waals surface area contributed by atoms with Crippen LogP contribution < -0.4 is 20.3 Å². The van der Waals surface area contributed by atoms with E-state index in [0.29, 0.717) is 31.3 Å². The first-order valence-electron chi connectivity index (χ1n) is 7.90. The molecule has 0 aliphatic carbocycles. The summed E-state index contributed by atoms with van der Waals surface area (Å²) in [6, 6.07) is 3.62. The molecule has 1 fully saturated rings. The summed E-state index contributed by atoms with van der Waals surface area (Å²) in [4.78, 5) is 5.94. The molecule has 0 saturated carbocycles. The molecule has 1 aromatic carbocycles. The molecule has 7 nitrogen and oxygen atoms in total. The Bertz CT molecular complexity index is 727. The number of sulfonamides is 1. The summed E-state index contributed by atoms with van der Waals surface area (Å²) >= 11 is 0. The van der Waals surface area contributed by atoms with E-state index < -0.39 is 21.7 Å². The fourth-order valence-electron chi connectivity index (χ4n) is 2.64. The van der Waals surface area contributed by atoms with Crippen molar-refractivity contribution in [2.45, 2.75) is 12.5 Å². The summed E-state index contributed by atoms with van der Waals surface area (Å²) in [5.74, 6) is -0.626. The summed E-state index contributed by atoms with van der Waals surface area (Å²) in [5.41, 5.74) is 0.381. The summed E-state index contributed by atoms with van der Waals surface area (Å²) in [6.07, 6.45) is 1.88. The van der Waals surface area contributed by atoms with E-state index in [2.05, 4.69) is 20.3 Å². The molecule has 1 atom stereocenters. The van der Waals surface area contributed by atoms with Crippen LogP contribution in [0.15, 0.2) is 23.2 Å². The molecule has 1 aromatic rings. The Balaban J connectivity index is 1.82. The van der Waals surface area contributed by atoms with Crippen LogP contribution in [0.1, 0.15) is 6.42 Å². The molecule has 0 amide bonds. The molecule has 10 heteroatoms. The number of hydrogen-bond acceptors (Lipinski definition) is 4. The third-order valence-corrected chi connectivity index (χ3v) is 4.51. The molecule has 1 unspecified atom stereocenters. The lowest BCUT2D eigenvalue weighted by Gasteiger charge is -2.21. The van der Waals surface area contributed by atoms with Gasteiger partial charge in [-0.3, -0.25) is 4.99 Å². The van der Waals surface area contributed by atoms with E-state index >= 15 is 0 Å². The van der Waals surface area contributed by atoms with Gasteiger partial charge in [0.05, 0.1) is 11.9 Å². The van der Waals surface area contributed by atoms with E-state index in [1.165, 1.54) is 12.1 Å². The van der Waals surface area contributed by atoms with Crippen molar-refractivity contribution in [1.82, 2.24) is 15.4 Å². The lowest BCUT2D eigenvalue weighted by molar-refractivity contribution is 0.579. The van der Waals surface area contributed by atoms with Gasteiger partial charge >= 0.3 is 0 Å². The van der Waals surface area contributed by atoms with E-state index in [1.807, 2.05) is 4.90 Å². The van der Waals surface area contributed by atoms with Gasteiger partial charge < -0.3 is 15.5 Å². The van der Waals surface area contributed by atoms with Crippen molar-refractivity contribution in [2.75, 3.05) is 44.4 Å². The average Bonchev–Trinajstić information content (AvgIpc) is 2.97. The van der Waals surface area contributed by atoms with E-state index in [1.54, 1.807) is 7.05 Å². The Labute approximate surface area is 146 Å². The number of hydrogen-bond donors (Lipinski definition) is 3. The average molecular weight is 375 g/mol. The molecule has 1 heterocycles. The molecule has 3 N–H and O–H groups in total. The molecular formula is C15H23F2N5O2S. The van der Waals surface area contributed by atoms with Crippen molar-refractivity contribution in [3.63, 3.8) is 0 Å². The number of aliphatic imine (C=N–C) groups is 1. The van der Waals surface area contributed by atoms with Gasteiger partial charge in [-0.25, -0.2) is 21.9 Å². The third-order valence-electron chi connectivity index (χ3n) is 3.78. The Morgan fingerprint density at radius 3 is 2.76 bits per heavy atom. The summed E-state index contributed by atoms with van der Waals surface area (Å²) < 4.78 is 51.3. The van der Waals surface area contributed by atoms with Gasteiger partial charge in [0.2, 0.25) is 10.0 Å². The number of halogens is 2. The minimum atomic E-state index is -3.22. The minimum absolute atomic E-state index is 0.0542. The Hall–Kier alpha value is -1.94. The van der Waals surface area contributed by atoms with Gasteiger partial charge in [-0.05, 0) is 18.6 Å². The molecule has 140 valence electrons. The molecule has 1 saturated heterocycles. The van der Waals surface area contributed by atoms with Crippen molar-refractivity contribution in [1.29, 1.82) is 0 Å². The highest BCUT2D eigenvalue weighted by molar-refractivity contribution is 7.88. The molecule has 0 spiro atoms. The first kappa shape index (κ1) is 19.4. The highest BCUT2D eigenvalue weighted by atomic mass is 32.2. The van der Waals surface area contributed by atoms with Crippen molar-refractivity contribution < 1.29 is 17.2 Å². The predicted octanol–water partition coefficient (Wildman–Crippen LogP) is 0.258. The first-order valence-corrected chi connectivity index (χ1v) is 9.79. The molecule has 1 aliphatic rings. The van der Waals surface area contributed by atoms with Crippen molar-refractivity contribution >= 4 is 21.7 Å². The lowest BCUT2D eigenvalue weighted by Crippen LogP contribution is -2.46. The highest BCUT2D eigenvalue weighted by Crippen LogP contribution is 2.24. The highest BCUT2D eigenvalue weighted by Gasteiger charge is 2.25. The minimum Gasteiger partial charge on any atom is -0.367 e. The van der Waals surface area contributed by atoms with Crippen LogP contribution >= 0.6 is 0 Å². The number of benzene rings is 1. The maximum Gasteiger partial charge on any atom is 0.208 e. The predicted molar refractivity (Wildman–Crippen MR) is 94.3 cm³/mol. The summed E-state index contributed by atoms with van der Waals surface area (Å²) in [5, 5.41) is 6.23. The maximum absolute atomic E-state index is 13.9. The summed E-state index contributed by atoms with van der Waals surface area (Å²) in [7, 11) is -1.60. The van der Waals surface area contributed by atoms with Gasteiger partial charge in [0.15, 0.2) is 5.96 Å². The molecule has 0 aromatic heterocycles. The second-order valence-corrected chi connectivity index (χ2v) is 7.67. The van der Waals surface area contributed by atoms with Crippen LogP contribution in [0.4, 0.5) is 14.5 Å². The van der Waals surface area contributed by atoms with Crippen molar-refractivity contribution in [3.8, 4) is 0 Å². The van der Waals surface area contributed by atoms with Gasteiger partial charge in [-0.1, -0.05) is 0 Å². The number of nitrogens with one attached hydrogen (secondary N) is 3. The monoisotopic (exact) mass is 375 g/mol. The largest absolute Gasteiger partial charge is 0.367 e. The van der Waals surface area contributed by atoms with Crippen LogP contribution in [0.5, 0.6) is 0 Å². The number of anilines is 1. The van der Waals surface area contributed by atoms with Crippen LogP contribution in [0.25, 0.3) is 0 Å². The molecule has 25 heavy (non-hydrogen) atoms. The van der Waals surface area contributed by atoms with E-state index in [0.717, 1.165) is 18.7 Å². The number of rotatable bonds is 6. The van der Waals surface area contributed by atoms with Crippen LogP contribution in [-0.2, 0) is 10.0 Å². The Morgan fingerprint density at radius 1 is 1.36 bits per heavy atom. The van der Waals surface area contributed by atoms with Crippen LogP contribution in [0, 0.1) is 11.6 Å². The second kappa shape index (κ2) is 8.43. The van der Waals surface area contributed by atoms with E-state index in [4.69, 9.17) is 0 Å². The van der Waals surface area contributed by atoms with Crippen LogP contribution in [-0.4, -0.2) is 59.9 Å². The maximum atomic E-state index is 13.9. The normalized spacial score (nSPS) is 18.5.